The second-order valence-electron chi connectivity index (χ2n) is 7.03. The van der Waals surface area contributed by atoms with Gasteiger partial charge in [0, 0.05) is 36.2 Å². The number of Topliss-reactive ketones (excluding diaryl/α,β-unsaturated/α-hetero) is 1. The molecule has 150 valence electrons. The highest BCUT2D eigenvalue weighted by molar-refractivity contribution is 6.30. The smallest absolute Gasteiger partial charge is 0.163 e. The molecule has 0 aromatic heterocycles. The van der Waals surface area contributed by atoms with Crippen LogP contribution in [0.5, 0.6) is 0 Å². The van der Waals surface area contributed by atoms with Crippen molar-refractivity contribution in [2.45, 2.75) is 47.0 Å². The largest absolute Gasteiger partial charge is 0.378 e. The lowest BCUT2D eigenvalue weighted by molar-refractivity contribution is 0.0982. The first-order valence-electron chi connectivity index (χ1n) is 9.85. The van der Waals surface area contributed by atoms with E-state index in [0.29, 0.717) is 31.0 Å². The SMILES string of the molecule is CCN=C(COC)c1cc(C(=O)CCc2cc(Cl)ccc2CC)c(C)cc1C. The Morgan fingerprint density at radius 1 is 1.04 bits per heavy atom. The van der Waals surface area contributed by atoms with Gasteiger partial charge in [-0.15, -0.1) is 0 Å². The number of ketones is 1. The molecule has 3 nitrogen and oxygen atoms in total. The Hall–Kier alpha value is -1.97. The summed E-state index contributed by atoms with van der Waals surface area (Å²) in [6.07, 6.45) is 2.09. The molecule has 4 heteroatoms. The number of carbonyl (C=O) groups excluding carboxylic acids is 1. The Morgan fingerprint density at radius 2 is 1.75 bits per heavy atom. The summed E-state index contributed by atoms with van der Waals surface area (Å²) in [5.41, 5.74) is 7.16. The maximum absolute atomic E-state index is 13.0. The van der Waals surface area contributed by atoms with Crippen LogP contribution in [0.3, 0.4) is 0 Å². The van der Waals surface area contributed by atoms with Crippen molar-refractivity contribution in [2.24, 2.45) is 4.99 Å². The van der Waals surface area contributed by atoms with Crippen LogP contribution < -0.4 is 0 Å². The third-order valence-electron chi connectivity index (χ3n) is 4.98. The standard InChI is InChI=1S/C24H30ClNO2/c1-6-18-8-10-20(25)13-19(18)9-11-24(27)22-14-21(16(3)12-17(22)4)23(15-28-5)26-7-2/h8,10,12-14H,6-7,9,11,15H2,1-5H3. The number of halogens is 1. The van der Waals surface area contributed by atoms with Crippen molar-refractivity contribution in [1.82, 2.24) is 0 Å². The second kappa shape index (κ2) is 10.5. The first-order chi connectivity index (χ1) is 13.4. The monoisotopic (exact) mass is 399 g/mol. The van der Waals surface area contributed by atoms with Gasteiger partial charge in [-0.25, -0.2) is 0 Å². The topological polar surface area (TPSA) is 38.7 Å². The predicted molar refractivity (Wildman–Crippen MR) is 118 cm³/mol. The van der Waals surface area contributed by atoms with Gasteiger partial charge >= 0.3 is 0 Å². The molecule has 0 N–H and O–H groups in total. The summed E-state index contributed by atoms with van der Waals surface area (Å²) < 4.78 is 5.31. The van der Waals surface area contributed by atoms with Gasteiger partial charge in [0.15, 0.2) is 5.78 Å². The van der Waals surface area contributed by atoms with Gasteiger partial charge < -0.3 is 4.74 Å². The van der Waals surface area contributed by atoms with Crippen molar-refractivity contribution in [2.75, 3.05) is 20.3 Å². The summed E-state index contributed by atoms with van der Waals surface area (Å²) >= 11 is 6.15. The molecule has 0 aliphatic carbocycles. The fourth-order valence-electron chi connectivity index (χ4n) is 3.55. The molecule has 0 atom stereocenters. The summed E-state index contributed by atoms with van der Waals surface area (Å²) in [6, 6.07) is 9.99. The van der Waals surface area contributed by atoms with Crippen LogP contribution >= 0.6 is 11.6 Å². The van der Waals surface area contributed by atoms with Crippen LogP contribution in [0.1, 0.15) is 58.4 Å². The van der Waals surface area contributed by atoms with Crippen LogP contribution in [0.25, 0.3) is 0 Å². The average molecular weight is 400 g/mol. The van der Waals surface area contributed by atoms with E-state index in [0.717, 1.165) is 39.9 Å². The van der Waals surface area contributed by atoms with E-state index in [1.54, 1.807) is 7.11 Å². The van der Waals surface area contributed by atoms with Crippen molar-refractivity contribution < 1.29 is 9.53 Å². The van der Waals surface area contributed by atoms with Crippen molar-refractivity contribution in [1.29, 1.82) is 0 Å². The molecule has 0 amide bonds. The van der Waals surface area contributed by atoms with Crippen LogP contribution in [0.2, 0.25) is 5.02 Å². The van der Waals surface area contributed by atoms with Crippen LogP contribution in [0, 0.1) is 13.8 Å². The summed E-state index contributed by atoms with van der Waals surface area (Å²) in [5.74, 6) is 0.147. The first kappa shape index (κ1) is 22.3. The number of methoxy groups -OCH3 is 1. The van der Waals surface area contributed by atoms with Crippen LogP contribution in [-0.2, 0) is 17.6 Å². The molecule has 0 aliphatic rings. The zero-order valence-electron chi connectivity index (χ0n) is 17.6. The molecule has 28 heavy (non-hydrogen) atoms. The van der Waals surface area contributed by atoms with Gasteiger partial charge in [0.05, 0.1) is 12.3 Å². The van der Waals surface area contributed by atoms with Crippen LogP contribution in [-0.4, -0.2) is 31.8 Å². The highest BCUT2D eigenvalue weighted by Gasteiger charge is 2.16. The fraction of sp³-hybridized carbons (Fsp3) is 0.417. The Balaban J connectivity index is 2.29. The lowest BCUT2D eigenvalue weighted by atomic mass is 9.92. The molecule has 0 saturated heterocycles. The van der Waals surface area contributed by atoms with Gasteiger partial charge in [0.1, 0.15) is 0 Å². The number of hydrogen-bond acceptors (Lipinski definition) is 3. The third-order valence-corrected chi connectivity index (χ3v) is 5.22. The van der Waals surface area contributed by atoms with Crippen molar-refractivity contribution >= 4 is 23.1 Å². The fourth-order valence-corrected chi connectivity index (χ4v) is 3.75. The number of ether oxygens (including phenoxy) is 1. The second-order valence-corrected chi connectivity index (χ2v) is 7.46. The number of hydrogen-bond donors (Lipinski definition) is 0. The van der Waals surface area contributed by atoms with Gasteiger partial charge in [-0.05, 0) is 74.1 Å². The van der Waals surface area contributed by atoms with E-state index in [-0.39, 0.29) is 5.78 Å². The van der Waals surface area contributed by atoms with Crippen LogP contribution in [0.4, 0.5) is 0 Å². The Bertz CT molecular complexity index is 871. The van der Waals surface area contributed by atoms with Crippen molar-refractivity contribution in [3.05, 3.63) is 68.7 Å². The van der Waals surface area contributed by atoms with Gasteiger partial charge in [0.25, 0.3) is 0 Å². The predicted octanol–water partition coefficient (Wildman–Crippen LogP) is 5.79. The van der Waals surface area contributed by atoms with Gasteiger partial charge in [0.2, 0.25) is 0 Å². The molecule has 0 saturated carbocycles. The summed E-state index contributed by atoms with van der Waals surface area (Å²) in [4.78, 5) is 17.6. The normalized spacial score (nSPS) is 11.7. The maximum Gasteiger partial charge on any atom is 0.163 e. The zero-order valence-corrected chi connectivity index (χ0v) is 18.3. The molecular formula is C24H30ClNO2. The van der Waals surface area contributed by atoms with E-state index >= 15 is 0 Å². The van der Waals surface area contributed by atoms with Crippen LogP contribution in [0.15, 0.2) is 35.3 Å². The van der Waals surface area contributed by atoms with Gasteiger partial charge in [-0.1, -0.05) is 30.7 Å². The molecule has 2 rings (SSSR count). The lowest BCUT2D eigenvalue weighted by Crippen LogP contribution is -2.14. The number of rotatable bonds is 9. The zero-order chi connectivity index (χ0) is 20.7. The quantitative estimate of drug-likeness (QED) is 0.395. The van der Waals surface area contributed by atoms with Crippen molar-refractivity contribution in [3.8, 4) is 0 Å². The van der Waals surface area contributed by atoms with Gasteiger partial charge in [-0.3, -0.25) is 9.79 Å². The number of carbonyl (C=O) groups is 1. The Labute approximate surface area is 173 Å². The maximum atomic E-state index is 13.0. The summed E-state index contributed by atoms with van der Waals surface area (Å²) in [5, 5.41) is 0.716. The highest BCUT2D eigenvalue weighted by atomic mass is 35.5. The minimum Gasteiger partial charge on any atom is -0.378 e. The summed E-state index contributed by atoms with van der Waals surface area (Å²) in [7, 11) is 1.66. The van der Waals surface area contributed by atoms with Gasteiger partial charge in [-0.2, -0.15) is 0 Å². The molecule has 0 heterocycles. The molecule has 2 aromatic carbocycles. The molecule has 2 aromatic rings. The third kappa shape index (κ3) is 5.52. The van der Waals surface area contributed by atoms with E-state index in [1.807, 2.05) is 32.0 Å². The number of nitrogens with zero attached hydrogens (tertiary/aromatic N) is 1. The first-order valence-corrected chi connectivity index (χ1v) is 10.2. The number of benzene rings is 2. The van der Waals surface area contributed by atoms with E-state index in [4.69, 9.17) is 16.3 Å². The summed E-state index contributed by atoms with van der Waals surface area (Å²) in [6.45, 7) is 9.29. The molecule has 0 spiro atoms. The molecular weight excluding hydrogens is 370 g/mol. The number of aliphatic imine (C=N–C) groups is 1. The molecule has 0 unspecified atom stereocenters. The minimum atomic E-state index is 0.147. The Morgan fingerprint density at radius 3 is 2.39 bits per heavy atom. The van der Waals surface area contributed by atoms with E-state index in [9.17, 15) is 4.79 Å². The Kier molecular flexibility index (Phi) is 8.40. The molecule has 0 fully saturated rings. The van der Waals surface area contributed by atoms with E-state index in [1.165, 1.54) is 5.56 Å². The minimum absolute atomic E-state index is 0.147. The lowest BCUT2D eigenvalue weighted by Gasteiger charge is -2.14. The molecule has 0 bridgehead atoms. The van der Waals surface area contributed by atoms with E-state index in [2.05, 4.69) is 31.0 Å². The highest BCUT2D eigenvalue weighted by Crippen LogP contribution is 2.22. The molecule has 0 radical (unpaired) electrons. The van der Waals surface area contributed by atoms with E-state index < -0.39 is 0 Å². The molecule has 0 aliphatic heterocycles. The average Bonchev–Trinajstić information content (AvgIpc) is 2.66. The number of aryl methyl sites for hydroxylation is 4. The van der Waals surface area contributed by atoms with Crippen molar-refractivity contribution in [3.63, 3.8) is 0 Å².